The Balaban J connectivity index is 1.85. The average Bonchev–Trinajstić information content (AvgIpc) is 4.20. The lowest BCUT2D eigenvalue weighted by Gasteiger charge is -2.31. The van der Waals surface area contributed by atoms with Crippen LogP contribution < -0.4 is 64.2 Å². The van der Waals surface area contributed by atoms with Gasteiger partial charge in [0, 0.05) is 24.7 Å². The lowest BCUT2D eigenvalue weighted by molar-refractivity contribution is -0.157. The van der Waals surface area contributed by atoms with Crippen molar-refractivity contribution in [1.82, 2.24) is 68.5 Å². The van der Waals surface area contributed by atoms with Crippen LogP contribution in [0.15, 0.2) is 42.9 Å². The number of likely N-dealkylation sites (N-methyl/N-ethyl adjacent to an activating group) is 1. The number of nitrogens with two attached hydrogens (primary N) is 1. The van der Waals surface area contributed by atoms with Crippen molar-refractivity contribution < 1.29 is 72.5 Å². The van der Waals surface area contributed by atoms with E-state index < -0.39 is 193 Å². The number of imidazole rings is 1. The Hall–Kier alpha value is -8.05. The van der Waals surface area contributed by atoms with Crippen LogP contribution in [-0.2, 0) is 75.1 Å². The van der Waals surface area contributed by atoms with Crippen LogP contribution in [0.3, 0.4) is 0 Å². The summed E-state index contributed by atoms with van der Waals surface area (Å²) in [6.07, 6.45) is 2.03. The maximum Gasteiger partial charge on any atom is 0.329 e. The average molecular weight is 1230 g/mol. The van der Waals surface area contributed by atoms with Crippen LogP contribution in [-0.4, -0.2) is 184 Å². The molecule has 87 heavy (non-hydrogen) atoms. The first-order chi connectivity index (χ1) is 41.2. The van der Waals surface area contributed by atoms with E-state index in [2.05, 4.69) is 68.5 Å². The van der Waals surface area contributed by atoms with Gasteiger partial charge in [-0.3, -0.25) is 52.7 Å². The van der Waals surface area contributed by atoms with Crippen LogP contribution >= 0.6 is 0 Å². The zero-order valence-electron chi connectivity index (χ0n) is 51.6. The van der Waals surface area contributed by atoms with Gasteiger partial charge in [-0.15, -0.1) is 0 Å². The predicted molar refractivity (Wildman–Crippen MR) is 316 cm³/mol. The largest absolute Gasteiger partial charge is 0.458 e. The Bertz CT molecular complexity index is 2650. The summed E-state index contributed by atoms with van der Waals surface area (Å²) >= 11 is 0. The molecular weight excluding hydrogens is 1130 g/mol. The summed E-state index contributed by atoms with van der Waals surface area (Å²) < 4.78 is 5.72. The number of carbonyl (C=O) groups is 12. The van der Waals surface area contributed by atoms with Crippen LogP contribution in [0.2, 0.25) is 0 Å². The first-order valence-electron chi connectivity index (χ1n) is 29.6. The summed E-state index contributed by atoms with van der Waals surface area (Å²) in [4.78, 5) is 172. The molecular formula is C58H92N14O15. The van der Waals surface area contributed by atoms with Crippen molar-refractivity contribution in [1.29, 1.82) is 0 Å². The lowest BCUT2D eigenvalue weighted by atomic mass is 9.94. The number of esters is 1. The number of aromatic amines is 1. The number of hydrogen-bond acceptors (Lipinski definition) is 17. The molecule has 16 N–H and O–H groups in total. The number of H-pyrrole nitrogens is 1. The third kappa shape index (κ3) is 22.3. The number of aliphatic hydroxyl groups excluding tert-OH is 2. The summed E-state index contributed by atoms with van der Waals surface area (Å²) in [5, 5.41) is 49.3. The van der Waals surface area contributed by atoms with E-state index in [-0.39, 0.29) is 19.3 Å². The van der Waals surface area contributed by atoms with Crippen LogP contribution in [0.4, 0.5) is 0 Å². The Morgan fingerprint density at radius 3 is 1.60 bits per heavy atom. The van der Waals surface area contributed by atoms with Gasteiger partial charge in [0.05, 0.1) is 25.6 Å². The van der Waals surface area contributed by atoms with Crippen molar-refractivity contribution in [2.24, 2.45) is 29.4 Å². The molecule has 484 valence electrons. The fraction of sp³-hybridized carbons (Fsp3) is 0.638. The second-order valence-electron chi connectivity index (χ2n) is 22.3. The molecule has 1 aliphatic rings. The van der Waals surface area contributed by atoms with Gasteiger partial charge in [0.1, 0.15) is 66.5 Å². The number of primary amides is 1. The highest BCUT2D eigenvalue weighted by Gasteiger charge is 2.41. The van der Waals surface area contributed by atoms with Gasteiger partial charge in [-0.1, -0.05) is 111 Å². The summed E-state index contributed by atoms with van der Waals surface area (Å²) in [7, 11) is 1.60. The van der Waals surface area contributed by atoms with E-state index in [0.29, 0.717) is 25.0 Å². The van der Waals surface area contributed by atoms with Gasteiger partial charge in [0.15, 0.2) is 0 Å². The van der Waals surface area contributed by atoms with Gasteiger partial charge in [0.2, 0.25) is 65.0 Å². The zero-order valence-corrected chi connectivity index (χ0v) is 51.6. The van der Waals surface area contributed by atoms with E-state index in [1.165, 1.54) is 26.4 Å². The number of nitrogens with one attached hydrogen (secondary N) is 12. The number of carbonyl (C=O) groups excluding carboxylic acids is 12. The van der Waals surface area contributed by atoms with Gasteiger partial charge in [-0.05, 0) is 63.0 Å². The van der Waals surface area contributed by atoms with Crippen molar-refractivity contribution in [2.75, 3.05) is 20.3 Å². The maximum absolute atomic E-state index is 14.4. The molecule has 3 rings (SSSR count). The van der Waals surface area contributed by atoms with E-state index in [4.69, 9.17) is 10.5 Å². The number of hydrogen-bond donors (Lipinski definition) is 15. The van der Waals surface area contributed by atoms with Gasteiger partial charge in [0.25, 0.3) is 0 Å². The SMILES string of the molecule is CC[C@@H](C)[C@@H](NC(=O)[C@@H](CCC(N)=O)NC(=O)[C@H](CO)NC(=O)[C@@H](NC(=O)[C@@H](Cc1ccccc1)NC)[C@@H](C)CC)C(=O)N[C@H](C(=O)N[C@@H](CO)C(=O)NC1C(=O)N[C@@H](C)C(=O)N[C@H](Cc2cnc[nH]2)C(=O)N[C@@H]([C@@H](C)CC)C(=O)OC1C)[C@@H](C)CC. The molecule has 0 bridgehead atoms. The molecule has 1 aromatic heterocycles. The Morgan fingerprint density at radius 2 is 1.11 bits per heavy atom. The monoisotopic (exact) mass is 1220 g/mol. The third-order valence-electron chi connectivity index (χ3n) is 15.8. The zero-order chi connectivity index (χ0) is 65.2. The van der Waals surface area contributed by atoms with E-state index >= 15 is 0 Å². The second-order valence-corrected chi connectivity index (χ2v) is 22.3. The molecule has 2 heterocycles. The summed E-state index contributed by atoms with van der Waals surface area (Å²) in [6, 6.07) is -6.35. The minimum absolute atomic E-state index is 0.0701. The molecule has 29 nitrogen and oxygen atoms in total. The minimum Gasteiger partial charge on any atom is -0.458 e. The minimum atomic E-state index is -1.82. The van der Waals surface area contributed by atoms with Crippen LogP contribution in [0.5, 0.6) is 0 Å². The smallest absolute Gasteiger partial charge is 0.329 e. The molecule has 29 heteroatoms. The highest BCUT2D eigenvalue weighted by molar-refractivity contribution is 5.99. The molecule has 0 saturated carbocycles. The first kappa shape index (κ1) is 73.2. The maximum atomic E-state index is 14.4. The van der Waals surface area contributed by atoms with E-state index in [1.54, 1.807) is 62.4 Å². The van der Waals surface area contributed by atoms with Crippen LogP contribution in [0.25, 0.3) is 0 Å². The number of rotatable bonds is 32. The van der Waals surface area contributed by atoms with Crippen LogP contribution in [0, 0.1) is 23.7 Å². The van der Waals surface area contributed by atoms with Gasteiger partial charge in [-0.25, -0.2) is 9.78 Å². The molecule has 11 amide bonds. The number of nitrogens with zero attached hydrogens (tertiary/aromatic N) is 1. The lowest BCUT2D eigenvalue weighted by Crippen LogP contribution is -2.63. The summed E-state index contributed by atoms with van der Waals surface area (Å²) in [6.45, 7) is 14.1. The van der Waals surface area contributed by atoms with Gasteiger partial charge < -0.3 is 84.2 Å². The van der Waals surface area contributed by atoms with E-state index in [9.17, 15) is 67.7 Å². The molecule has 1 saturated heterocycles. The third-order valence-corrected chi connectivity index (χ3v) is 15.8. The molecule has 1 aromatic carbocycles. The van der Waals surface area contributed by atoms with Crippen molar-refractivity contribution in [3.63, 3.8) is 0 Å². The first-order valence-corrected chi connectivity index (χ1v) is 29.6. The number of aliphatic hydroxyl groups is 2. The van der Waals surface area contributed by atoms with E-state index in [0.717, 1.165) is 5.56 Å². The number of ether oxygens (including phenoxy) is 1. The van der Waals surface area contributed by atoms with Crippen molar-refractivity contribution in [3.8, 4) is 0 Å². The number of amides is 11. The number of aromatic nitrogens is 2. The predicted octanol–water partition coefficient (Wildman–Crippen LogP) is -2.97. The molecule has 0 spiro atoms. The molecule has 1 fully saturated rings. The Morgan fingerprint density at radius 1 is 0.621 bits per heavy atom. The van der Waals surface area contributed by atoms with Crippen molar-refractivity contribution in [2.45, 2.75) is 193 Å². The summed E-state index contributed by atoms with van der Waals surface area (Å²) in [5.74, 6) is -13.2. The molecule has 2 unspecified atom stereocenters. The Labute approximate surface area is 507 Å². The molecule has 0 aliphatic carbocycles. The topological polar surface area (TPSA) is 442 Å². The highest BCUT2D eigenvalue weighted by Crippen LogP contribution is 2.17. The highest BCUT2D eigenvalue weighted by atomic mass is 16.5. The van der Waals surface area contributed by atoms with Crippen LogP contribution in [0.1, 0.15) is 119 Å². The second kappa shape index (κ2) is 36.2. The summed E-state index contributed by atoms with van der Waals surface area (Å²) in [5.41, 5.74) is 6.78. The normalized spacial score (nSPS) is 21.2. The Kier molecular flexibility index (Phi) is 30.4. The molecule has 1 aliphatic heterocycles. The number of benzene rings is 1. The molecule has 16 atom stereocenters. The van der Waals surface area contributed by atoms with E-state index in [1.807, 2.05) is 30.3 Å². The fourth-order valence-electron chi connectivity index (χ4n) is 9.16. The van der Waals surface area contributed by atoms with Crippen molar-refractivity contribution in [3.05, 3.63) is 54.1 Å². The standard InChI is InChI=1S/C58H92N14O15/c1-12-29(5)43(69-50(78)38(60-11)23-35-19-17-16-18-20-35)54(82)66-40(26-73)52(80)64-37(21-22-42(59)75)49(77)68-45(31(7)14-3)56(84)70-44(30(6)13-2)55(83)67-41(27-74)53(81)72-47-34(10)87-58(86)46(32(8)15-4)71-51(79)39(24-36-25-61-28-62-36)65-48(76)33(9)63-57(47)85/h16-20,25,28-34,37-41,43-47,60,73-74H,12-15,21-24,26-27H2,1-11H3,(H2,59,75)(H,61,62)(H,63,85)(H,64,80)(H,65,76)(H,66,82)(H,67,83)(H,68,77)(H,69,78)(H,70,84)(H,71,79)(H,72,81)/t29-,30-,31+,32-,33-,34?,37+,38+,39+,40-,41-,43-,44-,45+,46-,47?/m0/s1. The number of cyclic esters (lactones) is 1. The van der Waals surface area contributed by atoms with Gasteiger partial charge >= 0.3 is 5.97 Å². The fourth-order valence-corrected chi connectivity index (χ4v) is 9.16. The van der Waals surface area contributed by atoms with Crippen molar-refractivity contribution >= 4 is 70.9 Å². The molecule has 2 aromatic rings. The van der Waals surface area contributed by atoms with Gasteiger partial charge in [-0.2, -0.15) is 0 Å². The quantitative estimate of drug-likeness (QED) is 0.0325. The molecule has 0 radical (unpaired) electrons.